The summed E-state index contributed by atoms with van der Waals surface area (Å²) in [7, 11) is 2.16. The van der Waals surface area contributed by atoms with E-state index in [1.807, 2.05) is 0 Å². The summed E-state index contributed by atoms with van der Waals surface area (Å²) in [6, 6.07) is 0.720. The van der Waals surface area contributed by atoms with E-state index in [4.69, 9.17) is 23.2 Å². The summed E-state index contributed by atoms with van der Waals surface area (Å²) in [5.74, 6) is 0.430. The number of hydrogen-bond acceptors (Lipinski definition) is 5. The maximum absolute atomic E-state index is 5.70. The fourth-order valence-electron chi connectivity index (χ4n) is 2.28. The third kappa shape index (κ3) is 3.93. The van der Waals surface area contributed by atoms with Crippen LogP contribution in [0.5, 0.6) is 0 Å². The van der Waals surface area contributed by atoms with Crippen LogP contribution < -0.4 is 5.32 Å². The summed E-state index contributed by atoms with van der Waals surface area (Å²) in [5, 5.41) is 3.33. The Labute approximate surface area is 117 Å². The number of rotatable bonds is 5. The van der Waals surface area contributed by atoms with Gasteiger partial charge in [0, 0.05) is 19.1 Å². The van der Waals surface area contributed by atoms with Gasteiger partial charge in [0.25, 0.3) is 0 Å². The molecule has 5 nitrogen and oxygen atoms in total. The third-order valence-electron chi connectivity index (χ3n) is 3.28. The average Bonchev–Trinajstić information content (AvgIpc) is 2.80. The average molecular weight is 290 g/mol. The second-order valence-electron chi connectivity index (χ2n) is 4.54. The molecule has 100 valence electrons. The van der Waals surface area contributed by atoms with Crippen molar-refractivity contribution < 1.29 is 0 Å². The molecular formula is C11H17Cl2N5. The second-order valence-corrected chi connectivity index (χ2v) is 5.22. The highest BCUT2D eigenvalue weighted by Crippen LogP contribution is 2.21. The summed E-state index contributed by atoms with van der Waals surface area (Å²) in [4.78, 5) is 14.0. The van der Waals surface area contributed by atoms with E-state index in [1.165, 1.54) is 25.7 Å². The quantitative estimate of drug-likeness (QED) is 0.902. The summed E-state index contributed by atoms with van der Waals surface area (Å²) in [5.41, 5.74) is 0. The SMILES string of the molecule is CN(CCNc1nc(Cl)nc(Cl)n1)C1CCCC1. The van der Waals surface area contributed by atoms with Gasteiger partial charge in [0.05, 0.1) is 0 Å². The Balaban J connectivity index is 1.77. The number of nitrogens with zero attached hydrogens (tertiary/aromatic N) is 4. The molecule has 0 atom stereocenters. The normalized spacial score (nSPS) is 16.4. The molecule has 1 aromatic heterocycles. The molecule has 18 heavy (non-hydrogen) atoms. The molecule has 7 heteroatoms. The highest BCUT2D eigenvalue weighted by molar-refractivity contribution is 6.31. The lowest BCUT2D eigenvalue weighted by atomic mass is 10.2. The predicted molar refractivity (Wildman–Crippen MR) is 73.2 cm³/mol. The van der Waals surface area contributed by atoms with Crippen molar-refractivity contribution in [1.29, 1.82) is 0 Å². The van der Waals surface area contributed by atoms with Crippen molar-refractivity contribution >= 4 is 29.2 Å². The van der Waals surface area contributed by atoms with Gasteiger partial charge in [-0.3, -0.25) is 0 Å². The van der Waals surface area contributed by atoms with Crippen LogP contribution in [0.2, 0.25) is 10.6 Å². The van der Waals surface area contributed by atoms with Crippen LogP contribution in [0, 0.1) is 0 Å². The van der Waals surface area contributed by atoms with E-state index in [0.29, 0.717) is 5.95 Å². The number of nitrogens with one attached hydrogen (secondary N) is 1. The summed E-state index contributed by atoms with van der Waals surface area (Å²) in [6.45, 7) is 1.72. The first kappa shape index (κ1) is 13.8. The molecule has 0 aromatic carbocycles. The first-order valence-corrected chi connectivity index (χ1v) is 6.92. The Hall–Kier alpha value is -0.650. The van der Waals surface area contributed by atoms with Crippen molar-refractivity contribution in [3.05, 3.63) is 10.6 Å². The van der Waals surface area contributed by atoms with Crippen molar-refractivity contribution in [2.75, 3.05) is 25.5 Å². The minimum Gasteiger partial charge on any atom is -0.353 e. The third-order valence-corrected chi connectivity index (χ3v) is 3.61. The van der Waals surface area contributed by atoms with E-state index < -0.39 is 0 Å². The van der Waals surface area contributed by atoms with Gasteiger partial charge in [-0.25, -0.2) is 0 Å². The molecule has 0 unspecified atom stereocenters. The van der Waals surface area contributed by atoms with Crippen molar-refractivity contribution in [1.82, 2.24) is 19.9 Å². The van der Waals surface area contributed by atoms with Gasteiger partial charge >= 0.3 is 0 Å². The molecule has 2 rings (SSSR count). The molecular weight excluding hydrogens is 273 g/mol. The van der Waals surface area contributed by atoms with E-state index in [-0.39, 0.29) is 10.6 Å². The van der Waals surface area contributed by atoms with Crippen molar-refractivity contribution in [2.24, 2.45) is 0 Å². The van der Waals surface area contributed by atoms with Crippen LogP contribution in [-0.4, -0.2) is 46.0 Å². The van der Waals surface area contributed by atoms with E-state index in [2.05, 4.69) is 32.2 Å². The van der Waals surface area contributed by atoms with E-state index in [9.17, 15) is 0 Å². The van der Waals surface area contributed by atoms with Crippen LogP contribution in [-0.2, 0) is 0 Å². The fraction of sp³-hybridized carbons (Fsp3) is 0.727. The van der Waals surface area contributed by atoms with Gasteiger partial charge in [0.2, 0.25) is 16.5 Å². The molecule has 1 aliphatic carbocycles. The van der Waals surface area contributed by atoms with Crippen LogP contribution >= 0.6 is 23.2 Å². The van der Waals surface area contributed by atoms with E-state index in [0.717, 1.165) is 19.1 Å². The highest BCUT2D eigenvalue weighted by atomic mass is 35.5. The van der Waals surface area contributed by atoms with Gasteiger partial charge in [-0.15, -0.1) is 0 Å². The van der Waals surface area contributed by atoms with Crippen LogP contribution in [0.3, 0.4) is 0 Å². The molecule has 1 saturated carbocycles. The standard InChI is InChI=1S/C11H17Cl2N5/c1-18(8-4-2-3-5-8)7-6-14-11-16-9(12)15-10(13)17-11/h8H,2-7H2,1H3,(H,14,15,16,17). The maximum Gasteiger partial charge on any atom is 0.228 e. The summed E-state index contributed by atoms with van der Waals surface area (Å²) >= 11 is 11.4. The molecule has 1 aliphatic rings. The topological polar surface area (TPSA) is 53.9 Å². The number of hydrogen-bond donors (Lipinski definition) is 1. The lowest BCUT2D eigenvalue weighted by molar-refractivity contribution is 0.254. The molecule has 1 heterocycles. The Morgan fingerprint density at radius 1 is 1.17 bits per heavy atom. The molecule has 0 radical (unpaired) electrons. The first-order valence-electron chi connectivity index (χ1n) is 6.16. The Bertz CT molecular complexity index is 375. The molecule has 1 fully saturated rings. The minimum atomic E-state index is 0.113. The Morgan fingerprint density at radius 2 is 1.78 bits per heavy atom. The fourth-order valence-corrected chi connectivity index (χ4v) is 2.64. The highest BCUT2D eigenvalue weighted by Gasteiger charge is 2.18. The van der Waals surface area contributed by atoms with Crippen LogP contribution in [0.4, 0.5) is 5.95 Å². The largest absolute Gasteiger partial charge is 0.353 e. The van der Waals surface area contributed by atoms with Crippen molar-refractivity contribution in [3.8, 4) is 0 Å². The smallest absolute Gasteiger partial charge is 0.228 e. The summed E-state index contributed by atoms with van der Waals surface area (Å²) < 4.78 is 0. The molecule has 1 aromatic rings. The predicted octanol–water partition coefficient (Wildman–Crippen LogP) is 2.46. The van der Waals surface area contributed by atoms with Gasteiger partial charge in [0.15, 0.2) is 0 Å². The van der Waals surface area contributed by atoms with Gasteiger partial charge in [-0.05, 0) is 43.1 Å². The maximum atomic E-state index is 5.70. The number of aromatic nitrogens is 3. The minimum absolute atomic E-state index is 0.113. The van der Waals surface area contributed by atoms with E-state index >= 15 is 0 Å². The number of anilines is 1. The van der Waals surface area contributed by atoms with Crippen LogP contribution in [0.1, 0.15) is 25.7 Å². The number of halogens is 2. The van der Waals surface area contributed by atoms with Gasteiger partial charge in [0.1, 0.15) is 0 Å². The van der Waals surface area contributed by atoms with Crippen molar-refractivity contribution in [3.63, 3.8) is 0 Å². The zero-order valence-corrected chi connectivity index (χ0v) is 11.9. The van der Waals surface area contributed by atoms with Crippen molar-refractivity contribution in [2.45, 2.75) is 31.7 Å². The van der Waals surface area contributed by atoms with Gasteiger partial charge in [-0.1, -0.05) is 12.8 Å². The first-order chi connectivity index (χ1) is 8.65. The molecule has 0 spiro atoms. The van der Waals surface area contributed by atoms with Crippen LogP contribution in [0.15, 0.2) is 0 Å². The second kappa shape index (κ2) is 6.50. The van der Waals surface area contributed by atoms with Gasteiger partial charge < -0.3 is 10.2 Å². The van der Waals surface area contributed by atoms with Crippen LogP contribution in [0.25, 0.3) is 0 Å². The van der Waals surface area contributed by atoms with Gasteiger partial charge in [-0.2, -0.15) is 15.0 Å². The molecule has 0 saturated heterocycles. The molecule has 0 amide bonds. The molecule has 0 aliphatic heterocycles. The molecule has 0 bridgehead atoms. The Kier molecular flexibility index (Phi) is 4.97. The number of likely N-dealkylation sites (N-methyl/N-ethyl adjacent to an activating group) is 1. The zero-order chi connectivity index (χ0) is 13.0. The monoisotopic (exact) mass is 289 g/mol. The summed E-state index contributed by atoms with van der Waals surface area (Å²) in [6.07, 6.45) is 5.31. The lowest BCUT2D eigenvalue weighted by Gasteiger charge is -2.23. The Morgan fingerprint density at radius 3 is 2.39 bits per heavy atom. The zero-order valence-electron chi connectivity index (χ0n) is 10.4. The lowest BCUT2D eigenvalue weighted by Crippen LogP contribution is -2.33. The molecule has 1 N–H and O–H groups in total. The van der Waals surface area contributed by atoms with E-state index in [1.54, 1.807) is 0 Å².